The number of hydrogen-bond donors (Lipinski definition) is 2. The Balaban J connectivity index is 2.25. The Hall–Kier alpha value is -1.90. The number of anilines is 1. The lowest BCUT2D eigenvalue weighted by atomic mass is 10.3. The van der Waals surface area contributed by atoms with Crippen LogP contribution < -0.4 is 15.2 Å². The Kier molecular flexibility index (Phi) is 4.07. The van der Waals surface area contributed by atoms with Crippen LogP contribution in [0.2, 0.25) is 0 Å². The van der Waals surface area contributed by atoms with Crippen LogP contribution >= 0.6 is 11.3 Å². The van der Waals surface area contributed by atoms with Crippen molar-refractivity contribution >= 4 is 33.0 Å². The number of benzene rings is 1. The maximum Gasteiger partial charge on any atom is 0.269 e. The van der Waals surface area contributed by atoms with Crippen LogP contribution in [0.25, 0.3) is 0 Å². The number of nitrogens with two attached hydrogens (primary N) is 1. The van der Waals surface area contributed by atoms with Crippen LogP contribution in [0.3, 0.4) is 0 Å². The first-order valence-corrected chi connectivity index (χ1v) is 7.90. The number of nitrogens with one attached hydrogen (secondary N) is 1. The molecule has 0 saturated heterocycles. The van der Waals surface area contributed by atoms with E-state index in [0.29, 0.717) is 16.3 Å². The van der Waals surface area contributed by atoms with Gasteiger partial charge in [0, 0.05) is 5.69 Å². The molecule has 0 bridgehead atoms. The lowest BCUT2D eigenvalue weighted by molar-refractivity contribution is 0.102. The summed E-state index contributed by atoms with van der Waals surface area (Å²) in [5.41, 5.74) is 0.344. The molecule has 0 saturated carbocycles. The maximum absolute atomic E-state index is 12.1. The van der Waals surface area contributed by atoms with Gasteiger partial charge in [0.1, 0.15) is 10.6 Å². The standard InChI is InChI=1S/C12H12N2O4S2/c1-18-10-5-6-19-11(10)12(15)14-8-3-2-4-9(7-8)20(13,16)17/h2-7H,1H3,(H,14,15)(H2,13,16,17). The van der Waals surface area contributed by atoms with Gasteiger partial charge in [-0.1, -0.05) is 6.07 Å². The maximum atomic E-state index is 12.1. The summed E-state index contributed by atoms with van der Waals surface area (Å²) in [5, 5.41) is 9.37. The predicted molar refractivity (Wildman–Crippen MR) is 76.6 cm³/mol. The topological polar surface area (TPSA) is 98.5 Å². The Labute approximate surface area is 120 Å². The molecule has 3 N–H and O–H groups in total. The zero-order valence-electron chi connectivity index (χ0n) is 10.5. The Morgan fingerprint density at radius 1 is 1.35 bits per heavy atom. The molecule has 20 heavy (non-hydrogen) atoms. The van der Waals surface area contributed by atoms with Crippen molar-refractivity contribution in [1.82, 2.24) is 0 Å². The van der Waals surface area contributed by atoms with Gasteiger partial charge in [0.15, 0.2) is 0 Å². The molecule has 1 aromatic heterocycles. The van der Waals surface area contributed by atoms with Gasteiger partial charge in [0.25, 0.3) is 5.91 Å². The molecule has 0 fully saturated rings. The van der Waals surface area contributed by atoms with Gasteiger partial charge in [0.05, 0.1) is 12.0 Å². The van der Waals surface area contributed by atoms with Gasteiger partial charge >= 0.3 is 0 Å². The Morgan fingerprint density at radius 3 is 2.75 bits per heavy atom. The normalized spacial score (nSPS) is 11.1. The van der Waals surface area contributed by atoms with Crippen molar-refractivity contribution in [1.29, 1.82) is 0 Å². The SMILES string of the molecule is COc1ccsc1C(=O)Nc1cccc(S(N)(=O)=O)c1. The van der Waals surface area contributed by atoms with Crippen LogP contribution in [0, 0.1) is 0 Å². The van der Waals surface area contributed by atoms with Crippen molar-refractivity contribution in [3.63, 3.8) is 0 Å². The summed E-state index contributed by atoms with van der Waals surface area (Å²) in [4.78, 5) is 12.4. The van der Waals surface area contributed by atoms with Gasteiger partial charge < -0.3 is 10.1 Å². The molecular weight excluding hydrogens is 300 g/mol. The highest BCUT2D eigenvalue weighted by Crippen LogP contribution is 2.25. The average Bonchev–Trinajstić information content (AvgIpc) is 2.86. The first-order valence-electron chi connectivity index (χ1n) is 5.47. The molecule has 0 aliphatic carbocycles. The predicted octanol–water partition coefficient (Wildman–Crippen LogP) is 1.66. The van der Waals surface area contributed by atoms with E-state index >= 15 is 0 Å². The largest absolute Gasteiger partial charge is 0.495 e. The van der Waals surface area contributed by atoms with Crippen molar-refractivity contribution in [3.05, 3.63) is 40.6 Å². The fourth-order valence-corrected chi connectivity index (χ4v) is 2.88. The number of thiophene rings is 1. The summed E-state index contributed by atoms with van der Waals surface area (Å²) in [6, 6.07) is 7.41. The molecule has 1 aromatic carbocycles. The first kappa shape index (κ1) is 14.5. The molecule has 0 unspecified atom stereocenters. The molecule has 1 heterocycles. The molecule has 2 rings (SSSR count). The van der Waals surface area contributed by atoms with Crippen LogP contribution in [0.5, 0.6) is 5.75 Å². The van der Waals surface area contributed by atoms with Crippen molar-refractivity contribution in [2.75, 3.05) is 12.4 Å². The van der Waals surface area contributed by atoms with E-state index in [9.17, 15) is 13.2 Å². The van der Waals surface area contributed by atoms with Gasteiger partial charge in [0.2, 0.25) is 10.0 Å². The van der Waals surface area contributed by atoms with E-state index in [0.717, 1.165) is 0 Å². The number of ether oxygens (including phenoxy) is 1. The molecule has 0 aliphatic rings. The zero-order chi connectivity index (χ0) is 14.8. The van der Waals surface area contributed by atoms with Crippen LogP contribution in [0.15, 0.2) is 40.6 Å². The molecule has 0 aliphatic heterocycles. The van der Waals surface area contributed by atoms with E-state index in [4.69, 9.17) is 9.88 Å². The molecule has 0 spiro atoms. The van der Waals surface area contributed by atoms with Crippen LogP contribution in [0.1, 0.15) is 9.67 Å². The Morgan fingerprint density at radius 2 is 2.10 bits per heavy atom. The molecule has 8 heteroatoms. The molecule has 106 valence electrons. The fraction of sp³-hybridized carbons (Fsp3) is 0.0833. The number of hydrogen-bond acceptors (Lipinski definition) is 5. The lowest BCUT2D eigenvalue weighted by Gasteiger charge is -2.06. The molecule has 2 aromatic rings. The van der Waals surface area contributed by atoms with Gasteiger partial charge in [-0.3, -0.25) is 4.79 Å². The Bertz CT molecular complexity index is 737. The molecule has 0 atom stereocenters. The fourth-order valence-electron chi connectivity index (χ4n) is 1.56. The monoisotopic (exact) mass is 312 g/mol. The van der Waals surface area contributed by atoms with Crippen LogP contribution in [-0.2, 0) is 10.0 Å². The van der Waals surface area contributed by atoms with E-state index in [1.165, 1.54) is 36.6 Å². The van der Waals surface area contributed by atoms with Crippen LogP contribution in [-0.4, -0.2) is 21.4 Å². The number of methoxy groups -OCH3 is 1. The second-order valence-corrected chi connectivity index (χ2v) is 6.32. The number of sulfonamides is 1. The molecule has 0 radical (unpaired) electrons. The third kappa shape index (κ3) is 3.16. The number of carbonyl (C=O) groups excluding carboxylic acids is 1. The lowest BCUT2D eigenvalue weighted by Crippen LogP contribution is -2.14. The number of primary sulfonamides is 1. The third-order valence-corrected chi connectivity index (χ3v) is 4.28. The van der Waals surface area contributed by atoms with Gasteiger partial charge in [-0.2, -0.15) is 0 Å². The van der Waals surface area contributed by atoms with Gasteiger partial charge in [-0.05, 0) is 29.6 Å². The minimum absolute atomic E-state index is 0.0616. The van der Waals surface area contributed by atoms with Crippen molar-refractivity contribution in [3.8, 4) is 5.75 Å². The minimum Gasteiger partial charge on any atom is -0.495 e. The quantitative estimate of drug-likeness (QED) is 0.897. The summed E-state index contributed by atoms with van der Waals surface area (Å²) in [5.74, 6) is 0.0959. The van der Waals surface area contributed by atoms with E-state index < -0.39 is 10.0 Å². The second kappa shape index (κ2) is 5.61. The van der Waals surface area contributed by atoms with E-state index in [1.54, 1.807) is 17.5 Å². The number of rotatable bonds is 4. The minimum atomic E-state index is -3.80. The highest BCUT2D eigenvalue weighted by molar-refractivity contribution is 7.89. The van der Waals surface area contributed by atoms with Crippen molar-refractivity contribution < 1.29 is 17.9 Å². The van der Waals surface area contributed by atoms with Gasteiger partial charge in [-0.25, -0.2) is 13.6 Å². The highest BCUT2D eigenvalue weighted by Gasteiger charge is 2.15. The number of carbonyl (C=O) groups is 1. The third-order valence-electron chi connectivity index (χ3n) is 2.48. The number of amides is 1. The summed E-state index contributed by atoms with van der Waals surface area (Å²) in [7, 11) is -2.33. The van der Waals surface area contributed by atoms with E-state index in [2.05, 4.69) is 5.32 Å². The molecule has 6 nitrogen and oxygen atoms in total. The second-order valence-electron chi connectivity index (χ2n) is 3.85. The summed E-state index contributed by atoms with van der Waals surface area (Å²) < 4.78 is 27.6. The molecular formula is C12H12N2O4S2. The first-order chi connectivity index (χ1) is 9.41. The summed E-state index contributed by atoms with van der Waals surface area (Å²) in [6.07, 6.45) is 0. The van der Waals surface area contributed by atoms with Crippen molar-refractivity contribution in [2.24, 2.45) is 5.14 Å². The van der Waals surface area contributed by atoms with Crippen LogP contribution in [0.4, 0.5) is 5.69 Å². The van der Waals surface area contributed by atoms with Gasteiger partial charge in [-0.15, -0.1) is 11.3 Å². The summed E-state index contributed by atoms with van der Waals surface area (Å²) in [6.45, 7) is 0. The van der Waals surface area contributed by atoms with Crippen molar-refractivity contribution in [2.45, 2.75) is 4.90 Å². The van der Waals surface area contributed by atoms with E-state index in [-0.39, 0.29) is 10.8 Å². The molecule has 1 amide bonds. The smallest absolute Gasteiger partial charge is 0.269 e. The van der Waals surface area contributed by atoms with E-state index in [1.807, 2.05) is 0 Å². The highest BCUT2D eigenvalue weighted by atomic mass is 32.2. The zero-order valence-corrected chi connectivity index (χ0v) is 12.1. The average molecular weight is 312 g/mol. The summed E-state index contributed by atoms with van der Waals surface area (Å²) >= 11 is 1.23.